The van der Waals surface area contributed by atoms with E-state index in [1.165, 1.54) is 16.9 Å². The van der Waals surface area contributed by atoms with Crippen molar-refractivity contribution in [2.24, 2.45) is 0 Å². The molecule has 0 aliphatic rings. The molecule has 0 aliphatic carbocycles. The molecule has 0 atom stereocenters. The molecule has 104 valence electrons. The van der Waals surface area contributed by atoms with Crippen LogP contribution in [0.5, 0.6) is 0 Å². The number of hydrogen-bond acceptors (Lipinski definition) is 4. The highest BCUT2D eigenvalue weighted by atomic mass is 16.6. The average molecular weight is 275 g/mol. The Morgan fingerprint density at radius 3 is 2.75 bits per heavy atom. The first kappa shape index (κ1) is 13.7. The molecule has 7 nitrogen and oxygen atoms in total. The fraction of sp³-hybridized carbons (Fsp3) is 0.231. The van der Waals surface area contributed by atoms with E-state index in [4.69, 9.17) is 5.11 Å². The van der Waals surface area contributed by atoms with Crippen LogP contribution in [0.15, 0.2) is 30.5 Å². The molecule has 2 rings (SSSR count). The van der Waals surface area contributed by atoms with E-state index in [1.54, 1.807) is 18.2 Å². The van der Waals surface area contributed by atoms with Crippen molar-refractivity contribution >= 4 is 11.7 Å². The monoisotopic (exact) mass is 275 g/mol. The predicted molar refractivity (Wildman–Crippen MR) is 71.2 cm³/mol. The maximum atomic E-state index is 11.2. The van der Waals surface area contributed by atoms with Crippen LogP contribution in [0.25, 0.3) is 5.69 Å². The van der Waals surface area contributed by atoms with Crippen molar-refractivity contribution in [2.75, 3.05) is 0 Å². The molecule has 1 aromatic heterocycles. The van der Waals surface area contributed by atoms with E-state index in [-0.39, 0.29) is 16.9 Å². The molecule has 7 heteroatoms. The van der Waals surface area contributed by atoms with Crippen LogP contribution in [0, 0.1) is 10.1 Å². The Morgan fingerprint density at radius 2 is 2.15 bits per heavy atom. The molecule has 1 N–H and O–H groups in total. The molecule has 0 fully saturated rings. The minimum Gasteiger partial charge on any atom is -0.478 e. The van der Waals surface area contributed by atoms with Crippen LogP contribution >= 0.6 is 0 Å². The zero-order valence-electron chi connectivity index (χ0n) is 10.8. The van der Waals surface area contributed by atoms with Crippen LogP contribution in [-0.2, 0) is 6.42 Å². The van der Waals surface area contributed by atoms with Crippen molar-refractivity contribution in [3.63, 3.8) is 0 Å². The molecular formula is C13H13N3O4. The molecule has 0 saturated heterocycles. The second-order valence-corrected chi connectivity index (χ2v) is 4.22. The molecule has 0 radical (unpaired) electrons. The maximum Gasteiger partial charge on any atom is 0.339 e. The second kappa shape index (κ2) is 5.52. The Bertz CT molecular complexity index is 663. The molecule has 1 aromatic carbocycles. The summed E-state index contributed by atoms with van der Waals surface area (Å²) < 4.78 is 1.34. The highest BCUT2D eigenvalue weighted by Gasteiger charge is 2.21. The van der Waals surface area contributed by atoms with Crippen molar-refractivity contribution in [3.8, 4) is 5.69 Å². The van der Waals surface area contributed by atoms with Gasteiger partial charge in [0.2, 0.25) is 0 Å². The van der Waals surface area contributed by atoms with Gasteiger partial charge >= 0.3 is 5.97 Å². The molecule has 0 aliphatic heterocycles. The van der Waals surface area contributed by atoms with E-state index < -0.39 is 10.9 Å². The Hall–Kier alpha value is -2.70. The first-order valence-corrected chi connectivity index (χ1v) is 6.10. The quantitative estimate of drug-likeness (QED) is 0.667. The molecule has 0 amide bonds. The molecule has 0 bridgehead atoms. The van der Waals surface area contributed by atoms with Gasteiger partial charge in [-0.05, 0) is 12.5 Å². The number of carboxylic acids is 1. The summed E-state index contributed by atoms with van der Waals surface area (Å²) in [6, 6.07) is 6.13. The van der Waals surface area contributed by atoms with Gasteiger partial charge in [-0.1, -0.05) is 25.5 Å². The first-order valence-electron chi connectivity index (χ1n) is 6.10. The summed E-state index contributed by atoms with van der Waals surface area (Å²) in [7, 11) is 0. The lowest BCUT2D eigenvalue weighted by atomic mass is 10.1. The Balaban J connectivity index is 2.64. The van der Waals surface area contributed by atoms with Gasteiger partial charge in [0.15, 0.2) is 0 Å². The van der Waals surface area contributed by atoms with Gasteiger partial charge in [-0.3, -0.25) is 10.1 Å². The summed E-state index contributed by atoms with van der Waals surface area (Å²) in [5, 5.41) is 24.2. The number of aromatic carboxylic acids is 1. The second-order valence-electron chi connectivity index (χ2n) is 4.22. The number of nitrogens with zero attached hydrogens (tertiary/aromatic N) is 3. The average Bonchev–Trinajstić information content (AvgIpc) is 2.83. The van der Waals surface area contributed by atoms with Gasteiger partial charge in [0.25, 0.3) is 5.69 Å². The Kier molecular flexibility index (Phi) is 3.79. The lowest BCUT2D eigenvalue weighted by Crippen LogP contribution is -2.08. The van der Waals surface area contributed by atoms with Crippen LogP contribution in [0.2, 0.25) is 0 Å². The van der Waals surface area contributed by atoms with E-state index in [1.807, 2.05) is 6.92 Å². The zero-order valence-corrected chi connectivity index (χ0v) is 10.8. The normalized spacial score (nSPS) is 10.4. The molecule has 0 unspecified atom stereocenters. The van der Waals surface area contributed by atoms with E-state index in [0.717, 1.165) is 0 Å². The van der Waals surface area contributed by atoms with Gasteiger partial charge in [0.05, 0.1) is 16.8 Å². The number of benzene rings is 1. The SMILES string of the molecule is CCCc1c(C(=O)O)cnn1-c1ccccc1[N+](=O)[O-]. The lowest BCUT2D eigenvalue weighted by molar-refractivity contribution is -0.384. The number of hydrogen-bond donors (Lipinski definition) is 1. The number of rotatable bonds is 5. The van der Waals surface area contributed by atoms with Gasteiger partial charge in [-0.2, -0.15) is 5.10 Å². The van der Waals surface area contributed by atoms with E-state index in [2.05, 4.69) is 5.10 Å². The fourth-order valence-electron chi connectivity index (χ4n) is 2.04. The van der Waals surface area contributed by atoms with Crippen molar-refractivity contribution in [2.45, 2.75) is 19.8 Å². The number of carbonyl (C=O) groups is 1. The number of aromatic nitrogens is 2. The largest absolute Gasteiger partial charge is 0.478 e. The molecule has 0 spiro atoms. The first-order chi connectivity index (χ1) is 9.56. The predicted octanol–water partition coefficient (Wildman–Crippen LogP) is 2.43. The lowest BCUT2D eigenvalue weighted by Gasteiger charge is -2.08. The third-order valence-electron chi connectivity index (χ3n) is 2.89. The standard InChI is InChI=1S/C13H13N3O4/c1-2-5-10-9(13(17)18)8-14-15(10)11-6-3-4-7-12(11)16(19)20/h3-4,6-8H,2,5H2,1H3,(H,17,18). The maximum absolute atomic E-state index is 11.2. The Morgan fingerprint density at radius 1 is 1.45 bits per heavy atom. The van der Waals surface area contributed by atoms with Crippen molar-refractivity contribution in [1.82, 2.24) is 9.78 Å². The van der Waals surface area contributed by atoms with Gasteiger partial charge < -0.3 is 5.11 Å². The van der Waals surface area contributed by atoms with Crippen LogP contribution in [-0.4, -0.2) is 25.8 Å². The van der Waals surface area contributed by atoms with Gasteiger partial charge in [-0.25, -0.2) is 9.48 Å². The van der Waals surface area contributed by atoms with Gasteiger partial charge in [0.1, 0.15) is 11.3 Å². The van der Waals surface area contributed by atoms with E-state index in [0.29, 0.717) is 18.5 Å². The van der Waals surface area contributed by atoms with Crippen molar-refractivity contribution in [1.29, 1.82) is 0 Å². The number of para-hydroxylation sites is 2. The Labute approximate surface area is 114 Å². The molecule has 2 aromatic rings. The van der Waals surface area contributed by atoms with Crippen LogP contribution in [0.4, 0.5) is 5.69 Å². The smallest absolute Gasteiger partial charge is 0.339 e. The minimum atomic E-state index is -1.08. The van der Waals surface area contributed by atoms with Crippen LogP contribution in [0.3, 0.4) is 0 Å². The fourth-order valence-corrected chi connectivity index (χ4v) is 2.04. The highest BCUT2D eigenvalue weighted by molar-refractivity contribution is 5.88. The summed E-state index contributed by atoms with van der Waals surface area (Å²) in [5.41, 5.74) is 0.706. The summed E-state index contributed by atoms with van der Waals surface area (Å²) in [4.78, 5) is 21.7. The summed E-state index contributed by atoms with van der Waals surface area (Å²) >= 11 is 0. The number of nitro benzene ring substituents is 1. The summed E-state index contributed by atoms with van der Waals surface area (Å²) in [6.45, 7) is 1.91. The molecule has 20 heavy (non-hydrogen) atoms. The van der Waals surface area contributed by atoms with Crippen LogP contribution in [0.1, 0.15) is 29.4 Å². The van der Waals surface area contributed by atoms with Crippen molar-refractivity contribution in [3.05, 3.63) is 51.8 Å². The number of nitro groups is 1. The highest BCUT2D eigenvalue weighted by Crippen LogP contribution is 2.25. The third-order valence-corrected chi connectivity index (χ3v) is 2.89. The summed E-state index contributed by atoms with van der Waals surface area (Å²) in [5.74, 6) is -1.08. The van der Waals surface area contributed by atoms with E-state index in [9.17, 15) is 14.9 Å². The topological polar surface area (TPSA) is 98.3 Å². The zero-order chi connectivity index (χ0) is 14.7. The van der Waals surface area contributed by atoms with Crippen LogP contribution < -0.4 is 0 Å². The third kappa shape index (κ3) is 2.37. The summed E-state index contributed by atoms with van der Waals surface area (Å²) in [6.07, 6.45) is 2.42. The molecular weight excluding hydrogens is 262 g/mol. The van der Waals surface area contributed by atoms with Gasteiger partial charge in [-0.15, -0.1) is 0 Å². The van der Waals surface area contributed by atoms with Gasteiger partial charge in [0, 0.05) is 6.07 Å². The van der Waals surface area contributed by atoms with Crippen molar-refractivity contribution < 1.29 is 14.8 Å². The van der Waals surface area contributed by atoms with E-state index >= 15 is 0 Å². The minimum absolute atomic E-state index is 0.0741. The number of carboxylic acid groups (broad SMARTS) is 1. The molecule has 0 saturated carbocycles. The molecule has 1 heterocycles.